The van der Waals surface area contributed by atoms with Crippen molar-refractivity contribution in [3.05, 3.63) is 65.2 Å². The van der Waals surface area contributed by atoms with Gasteiger partial charge in [-0.1, -0.05) is 42.8 Å². The lowest BCUT2D eigenvalue weighted by molar-refractivity contribution is 0.0954. The van der Waals surface area contributed by atoms with Gasteiger partial charge in [-0.3, -0.25) is 4.79 Å². The Morgan fingerprint density at radius 3 is 2.41 bits per heavy atom. The molecular weight excluding hydrogens is 270 g/mol. The third-order valence-electron chi connectivity index (χ3n) is 4.62. The second-order valence-corrected chi connectivity index (χ2v) is 6.98. The van der Waals surface area contributed by atoms with E-state index in [1.807, 2.05) is 42.2 Å². The van der Waals surface area contributed by atoms with Gasteiger partial charge in [0.15, 0.2) is 0 Å². The van der Waals surface area contributed by atoms with Crippen LogP contribution in [0.3, 0.4) is 0 Å². The van der Waals surface area contributed by atoms with Crippen molar-refractivity contribution in [3.8, 4) is 0 Å². The molecule has 0 saturated carbocycles. The number of fused-ring (bicyclic) bond motifs is 1. The highest BCUT2D eigenvalue weighted by Gasteiger charge is 2.39. The molecule has 0 bridgehead atoms. The maximum absolute atomic E-state index is 13.1. The molecule has 1 atom stereocenters. The minimum absolute atomic E-state index is 0.0874. The highest BCUT2D eigenvalue weighted by molar-refractivity contribution is 6.07. The predicted octanol–water partition coefficient (Wildman–Crippen LogP) is 4.93. The number of carbonyl (C=O) groups excluding carboxylic acids is 1. The molecule has 0 aromatic heterocycles. The summed E-state index contributed by atoms with van der Waals surface area (Å²) in [6, 6.07) is 16.1. The molecule has 1 aliphatic rings. The summed E-state index contributed by atoms with van der Waals surface area (Å²) in [4.78, 5) is 15.1. The van der Waals surface area contributed by atoms with Crippen LogP contribution in [0.4, 0.5) is 5.69 Å². The van der Waals surface area contributed by atoms with Crippen molar-refractivity contribution in [3.63, 3.8) is 0 Å². The molecule has 3 rings (SSSR count). The number of anilines is 1. The third-order valence-corrected chi connectivity index (χ3v) is 4.62. The van der Waals surface area contributed by atoms with Gasteiger partial charge in [0.2, 0.25) is 0 Å². The lowest BCUT2D eigenvalue weighted by Crippen LogP contribution is -2.51. The monoisotopic (exact) mass is 293 g/mol. The van der Waals surface area contributed by atoms with Gasteiger partial charge in [-0.2, -0.15) is 0 Å². The molecule has 0 fully saturated rings. The molecule has 1 heterocycles. The zero-order valence-electron chi connectivity index (χ0n) is 13.8. The Morgan fingerprint density at radius 1 is 1.09 bits per heavy atom. The van der Waals surface area contributed by atoms with E-state index in [-0.39, 0.29) is 11.4 Å². The molecule has 0 radical (unpaired) electrons. The van der Waals surface area contributed by atoms with Gasteiger partial charge in [0.1, 0.15) is 0 Å². The molecule has 0 N–H and O–H groups in total. The largest absolute Gasteiger partial charge is 0.303 e. The molecule has 1 amide bonds. The van der Waals surface area contributed by atoms with Gasteiger partial charge in [0.05, 0.1) is 0 Å². The van der Waals surface area contributed by atoms with Crippen molar-refractivity contribution in [1.82, 2.24) is 0 Å². The van der Waals surface area contributed by atoms with Crippen LogP contribution in [-0.2, 0) is 0 Å². The highest BCUT2D eigenvalue weighted by atomic mass is 16.2. The van der Waals surface area contributed by atoms with Crippen LogP contribution in [0.2, 0.25) is 0 Å². The topological polar surface area (TPSA) is 20.3 Å². The molecule has 2 heteroatoms. The molecule has 0 aliphatic carbocycles. The summed E-state index contributed by atoms with van der Waals surface area (Å²) >= 11 is 0. The summed E-state index contributed by atoms with van der Waals surface area (Å²) in [5.74, 6) is 0.553. The van der Waals surface area contributed by atoms with E-state index in [2.05, 4.69) is 39.0 Å². The molecule has 0 spiro atoms. The molecule has 114 valence electrons. The average molecular weight is 293 g/mol. The van der Waals surface area contributed by atoms with Crippen molar-refractivity contribution in [2.75, 3.05) is 4.90 Å². The number of carbonyl (C=O) groups is 1. The second kappa shape index (κ2) is 5.28. The lowest BCUT2D eigenvalue weighted by atomic mass is 9.79. The highest BCUT2D eigenvalue weighted by Crippen LogP contribution is 2.43. The van der Waals surface area contributed by atoms with E-state index in [9.17, 15) is 4.79 Å². The molecule has 1 aliphatic heterocycles. The summed E-state index contributed by atoms with van der Waals surface area (Å²) in [5.41, 5.74) is 4.06. The van der Waals surface area contributed by atoms with Crippen LogP contribution in [0.25, 0.3) is 0 Å². The van der Waals surface area contributed by atoms with E-state index >= 15 is 0 Å². The minimum Gasteiger partial charge on any atom is -0.303 e. The number of amides is 1. The van der Waals surface area contributed by atoms with Crippen molar-refractivity contribution >= 4 is 11.6 Å². The van der Waals surface area contributed by atoms with Gasteiger partial charge < -0.3 is 4.90 Å². The van der Waals surface area contributed by atoms with Crippen molar-refractivity contribution < 1.29 is 4.79 Å². The zero-order valence-corrected chi connectivity index (χ0v) is 13.8. The van der Waals surface area contributed by atoms with Crippen LogP contribution in [-0.4, -0.2) is 11.4 Å². The van der Waals surface area contributed by atoms with Crippen molar-refractivity contribution in [1.29, 1.82) is 0 Å². The van der Waals surface area contributed by atoms with E-state index < -0.39 is 0 Å². The molecule has 2 nitrogen and oxygen atoms in total. The predicted molar refractivity (Wildman–Crippen MR) is 91.5 cm³/mol. The van der Waals surface area contributed by atoms with E-state index in [4.69, 9.17) is 0 Å². The quantitative estimate of drug-likeness (QED) is 0.730. The Kier molecular flexibility index (Phi) is 3.56. The Bertz CT molecular complexity index is 700. The minimum atomic E-state index is -0.185. The SMILES string of the molecule is Cc1ccc(C(=O)N2c3ccccc3[C@@H](C)CC2(C)C)cc1. The number of hydrogen-bond donors (Lipinski definition) is 0. The van der Waals surface area contributed by atoms with Crippen molar-refractivity contribution in [2.24, 2.45) is 0 Å². The number of hydrogen-bond acceptors (Lipinski definition) is 1. The molecule has 0 saturated heterocycles. The third kappa shape index (κ3) is 2.43. The van der Waals surface area contributed by atoms with Crippen LogP contribution >= 0.6 is 0 Å². The summed E-state index contributed by atoms with van der Waals surface area (Å²) in [6.07, 6.45) is 0.974. The van der Waals surface area contributed by atoms with Gasteiger partial charge in [-0.15, -0.1) is 0 Å². The van der Waals surface area contributed by atoms with Crippen LogP contribution in [0.5, 0.6) is 0 Å². The van der Waals surface area contributed by atoms with E-state index in [1.165, 1.54) is 11.1 Å². The number of para-hydroxylation sites is 1. The van der Waals surface area contributed by atoms with Gasteiger partial charge in [-0.05, 0) is 56.9 Å². The zero-order chi connectivity index (χ0) is 15.9. The molecule has 22 heavy (non-hydrogen) atoms. The first-order valence-corrected chi connectivity index (χ1v) is 7.90. The maximum Gasteiger partial charge on any atom is 0.258 e. The maximum atomic E-state index is 13.1. The van der Waals surface area contributed by atoms with Crippen LogP contribution in [0, 0.1) is 6.92 Å². The summed E-state index contributed by atoms with van der Waals surface area (Å²) in [6.45, 7) is 8.60. The van der Waals surface area contributed by atoms with Crippen molar-refractivity contribution in [2.45, 2.75) is 45.6 Å². The number of benzene rings is 2. The Labute approximate surface area is 132 Å². The van der Waals surface area contributed by atoms with E-state index in [0.717, 1.165) is 17.7 Å². The standard InChI is InChI=1S/C20H23NO/c1-14-9-11-16(12-10-14)19(22)21-18-8-6-5-7-17(18)15(2)13-20(21,3)4/h5-12,15H,13H2,1-4H3/t15-/m0/s1. The first-order chi connectivity index (χ1) is 10.4. The fourth-order valence-electron chi connectivity index (χ4n) is 3.59. The molecule has 2 aromatic carbocycles. The van der Waals surface area contributed by atoms with Gasteiger partial charge in [-0.25, -0.2) is 0 Å². The van der Waals surface area contributed by atoms with Gasteiger partial charge in [0, 0.05) is 16.8 Å². The summed E-state index contributed by atoms with van der Waals surface area (Å²) < 4.78 is 0. The molecule has 0 unspecified atom stereocenters. The fraction of sp³-hybridized carbons (Fsp3) is 0.350. The first kappa shape index (κ1) is 14.8. The van der Waals surface area contributed by atoms with E-state index in [1.54, 1.807) is 0 Å². The van der Waals surface area contributed by atoms with Crippen LogP contribution in [0.15, 0.2) is 48.5 Å². The molecule has 2 aromatic rings. The second-order valence-electron chi connectivity index (χ2n) is 6.98. The smallest absolute Gasteiger partial charge is 0.258 e. The van der Waals surface area contributed by atoms with E-state index in [0.29, 0.717) is 5.92 Å². The number of rotatable bonds is 1. The fourth-order valence-corrected chi connectivity index (χ4v) is 3.59. The Morgan fingerprint density at radius 2 is 1.73 bits per heavy atom. The summed E-state index contributed by atoms with van der Waals surface area (Å²) in [7, 11) is 0. The number of nitrogens with zero attached hydrogens (tertiary/aromatic N) is 1. The normalized spacial score (nSPS) is 19.6. The Hall–Kier alpha value is -2.09. The number of aryl methyl sites for hydroxylation is 1. The lowest BCUT2D eigenvalue weighted by Gasteiger charge is -2.46. The first-order valence-electron chi connectivity index (χ1n) is 7.90. The Balaban J connectivity index is 2.09. The van der Waals surface area contributed by atoms with Crippen LogP contribution < -0.4 is 4.90 Å². The van der Waals surface area contributed by atoms with Gasteiger partial charge in [0.25, 0.3) is 5.91 Å². The van der Waals surface area contributed by atoms with Crippen LogP contribution in [0.1, 0.15) is 54.6 Å². The summed E-state index contributed by atoms with van der Waals surface area (Å²) in [5, 5.41) is 0. The van der Waals surface area contributed by atoms with Gasteiger partial charge >= 0.3 is 0 Å². The molecular formula is C20H23NO. The average Bonchev–Trinajstić information content (AvgIpc) is 2.47.